The maximum Gasteiger partial charge on any atom is 0.123 e. The molecule has 352 valence electrons. The molecule has 1 aliphatic rings. The van der Waals surface area contributed by atoms with Gasteiger partial charge in [-0.05, 0) is 115 Å². The molecule has 0 amide bonds. The molecular weight excluding hydrogens is 911 g/mol. The van der Waals surface area contributed by atoms with Crippen molar-refractivity contribution in [1.82, 2.24) is 18.3 Å². The summed E-state index contributed by atoms with van der Waals surface area (Å²) in [6.45, 7) is 4.56. The van der Waals surface area contributed by atoms with Gasteiger partial charge in [0.2, 0.25) is 0 Å². The molecule has 0 N–H and O–H groups in total. The van der Waals surface area contributed by atoms with Gasteiger partial charge in [-0.3, -0.25) is 0 Å². The van der Waals surface area contributed by atoms with Gasteiger partial charge in [0, 0.05) is 77.5 Å². The van der Waals surface area contributed by atoms with E-state index in [-0.39, 0.29) is 23.6 Å². The Labute approximate surface area is 425 Å². The number of halogens is 2. The van der Waals surface area contributed by atoms with Gasteiger partial charge in [-0.15, -0.1) is 0 Å². The van der Waals surface area contributed by atoms with Crippen LogP contribution in [0.3, 0.4) is 0 Å². The van der Waals surface area contributed by atoms with Crippen LogP contribution < -0.4 is 0 Å². The minimum Gasteiger partial charge on any atom is -0.336 e. The van der Waals surface area contributed by atoms with Crippen LogP contribution in [0.5, 0.6) is 0 Å². The molecule has 0 saturated heterocycles. The lowest BCUT2D eigenvalue weighted by atomic mass is 9.85. The van der Waals surface area contributed by atoms with Crippen molar-refractivity contribution in [3.8, 4) is 11.4 Å². The maximum absolute atomic E-state index is 16.3. The van der Waals surface area contributed by atoms with Gasteiger partial charge in [-0.2, -0.15) is 0 Å². The lowest BCUT2D eigenvalue weighted by molar-refractivity contribution is 0.500. The smallest absolute Gasteiger partial charge is 0.123 e. The summed E-state index contributed by atoms with van der Waals surface area (Å²) in [6.07, 6.45) is 0. The molecule has 4 aromatic heterocycles. The third kappa shape index (κ3) is 5.93. The van der Waals surface area contributed by atoms with Crippen LogP contribution >= 0.6 is 0 Å². The zero-order chi connectivity index (χ0) is 49.3. The van der Waals surface area contributed by atoms with Crippen LogP contribution in [-0.2, 0) is 0 Å². The van der Waals surface area contributed by atoms with Crippen molar-refractivity contribution >= 4 is 104 Å². The maximum atomic E-state index is 16.3. The third-order valence-corrected chi connectivity index (χ3v) is 16.0. The van der Waals surface area contributed by atoms with Crippen molar-refractivity contribution < 1.29 is 8.78 Å². The molecule has 15 rings (SSSR count). The summed E-state index contributed by atoms with van der Waals surface area (Å²) in [5.74, 6) is -0.968. The van der Waals surface area contributed by atoms with Crippen molar-refractivity contribution in [3.05, 3.63) is 259 Å². The minimum atomic E-state index is -0.331. The van der Waals surface area contributed by atoms with Crippen LogP contribution in [-0.4, -0.2) is 18.3 Å². The molecule has 0 fully saturated rings. The molecule has 6 heteroatoms. The Kier molecular flexibility index (Phi) is 9.24. The summed E-state index contributed by atoms with van der Waals surface area (Å²) < 4.78 is 42.1. The zero-order valence-corrected chi connectivity index (χ0v) is 40.6. The Morgan fingerprint density at radius 1 is 0.378 bits per heavy atom. The van der Waals surface area contributed by atoms with Crippen LogP contribution in [0, 0.1) is 17.6 Å². The summed E-state index contributed by atoms with van der Waals surface area (Å²) in [5, 5.41) is 9.09. The van der Waals surface area contributed by atoms with E-state index in [9.17, 15) is 0 Å². The molecule has 14 aromatic rings. The zero-order valence-electron chi connectivity index (χ0n) is 40.6. The van der Waals surface area contributed by atoms with Gasteiger partial charge in [0.1, 0.15) is 11.6 Å². The average molecular weight is 957 g/mol. The van der Waals surface area contributed by atoms with E-state index >= 15 is 8.78 Å². The Hall–Kier alpha value is -9.26. The van der Waals surface area contributed by atoms with E-state index in [0.29, 0.717) is 0 Å². The van der Waals surface area contributed by atoms with Gasteiger partial charge in [-0.1, -0.05) is 151 Å². The topological polar surface area (TPSA) is 19.7 Å². The fraction of sp³-hybridized carbons (Fsp3) is 0.0588. The van der Waals surface area contributed by atoms with Gasteiger partial charge in [-0.25, -0.2) is 8.78 Å². The number of para-hydroxylation sites is 6. The van der Waals surface area contributed by atoms with Gasteiger partial charge in [0.15, 0.2) is 0 Å². The van der Waals surface area contributed by atoms with E-state index < -0.39 is 0 Å². The largest absolute Gasteiger partial charge is 0.336 e. The molecule has 4 heterocycles. The van der Waals surface area contributed by atoms with E-state index in [1.165, 1.54) is 17.5 Å². The molecule has 0 radical (unpaired) electrons. The summed E-state index contributed by atoms with van der Waals surface area (Å²) in [5.41, 5.74) is 16.3. The van der Waals surface area contributed by atoms with Crippen molar-refractivity contribution in [2.24, 2.45) is 5.92 Å². The average Bonchev–Trinajstić information content (AvgIpc) is 4.32. The van der Waals surface area contributed by atoms with Crippen molar-refractivity contribution in [2.45, 2.75) is 19.9 Å². The number of hydrogen-bond acceptors (Lipinski definition) is 0. The Morgan fingerprint density at radius 2 is 0.824 bits per heavy atom. The van der Waals surface area contributed by atoms with Crippen molar-refractivity contribution in [2.75, 3.05) is 0 Å². The molecule has 0 bridgehead atoms. The second-order valence-electron chi connectivity index (χ2n) is 19.9. The van der Waals surface area contributed by atoms with Crippen LogP contribution in [0.4, 0.5) is 8.78 Å². The van der Waals surface area contributed by atoms with Crippen molar-refractivity contribution in [1.29, 1.82) is 0 Å². The predicted molar refractivity (Wildman–Crippen MR) is 304 cm³/mol. The van der Waals surface area contributed by atoms with E-state index in [0.717, 1.165) is 127 Å². The lowest BCUT2D eigenvalue weighted by Gasteiger charge is -2.29. The van der Waals surface area contributed by atoms with Gasteiger partial charge >= 0.3 is 0 Å². The summed E-state index contributed by atoms with van der Waals surface area (Å²) in [4.78, 5) is 0. The highest BCUT2D eigenvalue weighted by Gasteiger charge is 2.40. The van der Waals surface area contributed by atoms with E-state index in [1.807, 2.05) is 18.2 Å². The first-order valence-electron chi connectivity index (χ1n) is 25.4. The quantitative estimate of drug-likeness (QED) is 0.152. The highest BCUT2D eigenvalue weighted by molar-refractivity contribution is 6.30. The van der Waals surface area contributed by atoms with Crippen LogP contribution in [0.25, 0.3) is 115 Å². The van der Waals surface area contributed by atoms with Crippen LogP contribution in [0.1, 0.15) is 31.0 Å². The first-order valence-corrected chi connectivity index (χ1v) is 25.4. The Bertz CT molecular complexity index is 4720. The number of rotatable bonds is 7. The third-order valence-electron chi connectivity index (χ3n) is 16.0. The number of allylic oxidation sites excluding steroid dienone is 4. The van der Waals surface area contributed by atoms with E-state index in [4.69, 9.17) is 0 Å². The van der Waals surface area contributed by atoms with E-state index in [1.54, 1.807) is 12.1 Å². The predicted octanol–water partition coefficient (Wildman–Crippen LogP) is 18.1. The number of hydrogen-bond donors (Lipinski definition) is 0. The highest BCUT2D eigenvalue weighted by Crippen LogP contribution is 2.57. The number of fused-ring (bicyclic) bond motifs is 14. The normalized spacial score (nSPS) is 14.7. The van der Waals surface area contributed by atoms with E-state index in [2.05, 4.69) is 220 Å². The number of aromatic nitrogens is 4. The van der Waals surface area contributed by atoms with Gasteiger partial charge in [0.05, 0.1) is 44.3 Å². The molecular formula is C68H46F2N4. The molecule has 1 aliphatic carbocycles. The molecule has 0 unspecified atom stereocenters. The molecule has 10 aromatic carbocycles. The second kappa shape index (κ2) is 16.1. The summed E-state index contributed by atoms with van der Waals surface area (Å²) >= 11 is 0. The minimum absolute atomic E-state index is 0.255. The van der Waals surface area contributed by atoms with Gasteiger partial charge in [0.25, 0.3) is 0 Å². The SMILES string of the molecule is CC1=C(c2cccc(F)c2)C(n2c3ccccc3c3ccc4c(c5ccccc5n4-c4ccccc4)c32)=C(c2cccc(F)c2)[C@H]1[C@@H](C)n1c2ccccc2c2ccc3c(c4ccccc4n3-c3ccccc3)c21. The fourth-order valence-electron chi connectivity index (χ4n) is 13.2. The Balaban J connectivity index is 1.11. The van der Waals surface area contributed by atoms with Crippen LogP contribution in [0.15, 0.2) is 236 Å². The summed E-state index contributed by atoms with van der Waals surface area (Å²) in [6, 6.07) is 78.9. The number of benzene rings is 10. The monoisotopic (exact) mass is 956 g/mol. The lowest BCUT2D eigenvalue weighted by Crippen LogP contribution is -2.18. The van der Waals surface area contributed by atoms with Crippen LogP contribution in [0.2, 0.25) is 0 Å². The van der Waals surface area contributed by atoms with Crippen molar-refractivity contribution in [3.63, 3.8) is 0 Å². The Morgan fingerprint density at radius 3 is 1.39 bits per heavy atom. The second-order valence-corrected chi connectivity index (χ2v) is 19.9. The molecule has 0 aliphatic heterocycles. The molecule has 74 heavy (non-hydrogen) atoms. The molecule has 4 nitrogen and oxygen atoms in total. The fourth-order valence-corrected chi connectivity index (χ4v) is 13.2. The first-order chi connectivity index (χ1) is 36.4. The molecule has 2 atom stereocenters. The first kappa shape index (κ1) is 42.4. The molecule has 0 saturated carbocycles. The summed E-state index contributed by atoms with van der Waals surface area (Å²) in [7, 11) is 0. The highest BCUT2D eigenvalue weighted by atomic mass is 19.1. The van der Waals surface area contributed by atoms with Gasteiger partial charge < -0.3 is 18.3 Å². The number of nitrogens with zero attached hydrogens (tertiary/aromatic N) is 4. The standard InChI is InChI=1S/C68H46F2N4/c1-41-61(42(2)71-55-31-13-9-27-49(55)51-35-37-59-64(66(51)71)53-29-11-15-33-57(53)72(59)47-23-5-3-6-24-47)63(44-20-18-22-46(70)40-44)68(62(41)43-19-17-21-45(69)39-43)74-56-32-14-10-28-50(56)52-36-38-60-65(67(52)74)54-30-12-16-34-58(54)73(60)48-25-7-4-8-26-48/h3-40,42,61H,1-2H3/t42-,61-/m1/s1. The molecule has 0 spiro atoms.